The van der Waals surface area contributed by atoms with Gasteiger partial charge in [0, 0.05) is 24.8 Å². The van der Waals surface area contributed by atoms with E-state index in [2.05, 4.69) is 14.9 Å². The molecule has 160 valence electrons. The SMILES string of the molecule is CSCCC(C(=O)NCCn1ccc2ccccc21)n1c(=O)[nH]c2ccccc2c1=O. The van der Waals surface area contributed by atoms with Crippen LogP contribution in [0.25, 0.3) is 21.8 Å². The van der Waals surface area contributed by atoms with Gasteiger partial charge in [-0.3, -0.25) is 9.59 Å². The summed E-state index contributed by atoms with van der Waals surface area (Å²) >= 11 is 1.57. The zero-order chi connectivity index (χ0) is 21.8. The van der Waals surface area contributed by atoms with Gasteiger partial charge < -0.3 is 14.9 Å². The van der Waals surface area contributed by atoms with Gasteiger partial charge in [0.1, 0.15) is 6.04 Å². The lowest BCUT2D eigenvalue weighted by molar-refractivity contribution is -0.124. The number of aromatic nitrogens is 3. The Morgan fingerprint density at radius 3 is 2.71 bits per heavy atom. The zero-order valence-corrected chi connectivity index (χ0v) is 18.0. The number of carbonyl (C=O) groups excluding carboxylic acids is 1. The highest BCUT2D eigenvalue weighted by Crippen LogP contribution is 2.15. The van der Waals surface area contributed by atoms with Gasteiger partial charge in [-0.25, -0.2) is 9.36 Å². The molecule has 4 aromatic rings. The molecule has 0 aliphatic heterocycles. The van der Waals surface area contributed by atoms with Crippen molar-refractivity contribution in [2.45, 2.75) is 19.0 Å². The van der Waals surface area contributed by atoms with E-state index < -0.39 is 17.3 Å². The summed E-state index contributed by atoms with van der Waals surface area (Å²) in [5, 5.41) is 4.45. The quantitative estimate of drug-likeness (QED) is 0.445. The fraction of sp³-hybridized carbons (Fsp3) is 0.261. The Morgan fingerprint density at radius 2 is 1.87 bits per heavy atom. The number of nitrogens with zero attached hydrogens (tertiary/aromatic N) is 2. The minimum absolute atomic E-state index is 0.326. The second-order valence-electron chi connectivity index (χ2n) is 7.31. The first kappa shape index (κ1) is 21.0. The fourth-order valence-electron chi connectivity index (χ4n) is 3.82. The Labute approximate surface area is 183 Å². The van der Waals surface area contributed by atoms with Gasteiger partial charge in [0.25, 0.3) is 5.56 Å². The molecule has 2 N–H and O–H groups in total. The lowest BCUT2D eigenvalue weighted by Crippen LogP contribution is -2.45. The van der Waals surface area contributed by atoms with Gasteiger partial charge in [0.15, 0.2) is 0 Å². The fourth-order valence-corrected chi connectivity index (χ4v) is 4.28. The number of nitrogens with one attached hydrogen (secondary N) is 2. The van der Waals surface area contributed by atoms with Gasteiger partial charge in [-0.1, -0.05) is 30.3 Å². The van der Waals surface area contributed by atoms with Crippen molar-refractivity contribution in [3.05, 3.63) is 81.6 Å². The van der Waals surface area contributed by atoms with Crippen LogP contribution in [0.2, 0.25) is 0 Å². The zero-order valence-electron chi connectivity index (χ0n) is 17.2. The van der Waals surface area contributed by atoms with E-state index >= 15 is 0 Å². The highest BCUT2D eigenvalue weighted by molar-refractivity contribution is 7.98. The number of aromatic amines is 1. The summed E-state index contributed by atoms with van der Waals surface area (Å²) in [5.74, 6) is 0.326. The Bertz CT molecular complexity index is 1340. The van der Waals surface area contributed by atoms with Crippen LogP contribution < -0.4 is 16.6 Å². The molecule has 0 fully saturated rings. The summed E-state index contributed by atoms with van der Waals surface area (Å²) in [7, 11) is 0. The molecular weight excluding hydrogens is 412 g/mol. The maximum atomic E-state index is 13.0. The number of amides is 1. The van der Waals surface area contributed by atoms with Gasteiger partial charge >= 0.3 is 5.69 Å². The maximum absolute atomic E-state index is 13.0. The predicted octanol–water partition coefficient (Wildman–Crippen LogP) is 2.76. The van der Waals surface area contributed by atoms with Crippen LogP contribution in [0.15, 0.2) is 70.4 Å². The lowest BCUT2D eigenvalue weighted by Gasteiger charge is -2.19. The van der Waals surface area contributed by atoms with Crippen molar-refractivity contribution in [2.75, 3.05) is 18.6 Å². The van der Waals surface area contributed by atoms with E-state index in [0.29, 0.717) is 36.2 Å². The van der Waals surface area contributed by atoms with E-state index in [-0.39, 0.29) is 5.91 Å². The summed E-state index contributed by atoms with van der Waals surface area (Å²) in [4.78, 5) is 41.5. The Morgan fingerprint density at radius 1 is 1.10 bits per heavy atom. The Balaban J connectivity index is 1.56. The van der Waals surface area contributed by atoms with Crippen LogP contribution in [0.4, 0.5) is 0 Å². The van der Waals surface area contributed by atoms with E-state index in [1.165, 1.54) is 0 Å². The van der Waals surface area contributed by atoms with E-state index in [1.807, 2.05) is 42.8 Å². The molecular formula is C23H24N4O3S. The number of rotatable bonds is 8. The smallest absolute Gasteiger partial charge is 0.329 e. The number of para-hydroxylation sites is 2. The number of hydrogen-bond acceptors (Lipinski definition) is 4. The van der Waals surface area contributed by atoms with Crippen molar-refractivity contribution < 1.29 is 4.79 Å². The summed E-state index contributed by atoms with van der Waals surface area (Å²) < 4.78 is 3.13. The van der Waals surface area contributed by atoms with Crippen LogP contribution in [-0.4, -0.2) is 38.6 Å². The number of hydrogen-bond donors (Lipinski definition) is 2. The molecule has 0 radical (unpaired) electrons. The largest absolute Gasteiger partial charge is 0.353 e. The molecule has 2 aromatic heterocycles. The van der Waals surface area contributed by atoms with E-state index in [4.69, 9.17) is 0 Å². The van der Waals surface area contributed by atoms with E-state index in [0.717, 1.165) is 15.5 Å². The van der Waals surface area contributed by atoms with Crippen LogP contribution in [0.3, 0.4) is 0 Å². The molecule has 1 unspecified atom stereocenters. The molecule has 8 heteroatoms. The van der Waals surface area contributed by atoms with Crippen LogP contribution in [0, 0.1) is 0 Å². The number of benzene rings is 2. The van der Waals surface area contributed by atoms with Crippen molar-refractivity contribution in [1.82, 2.24) is 19.4 Å². The summed E-state index contributed by atoms with van der Waals surface area (Å²) in [6.45, 7) is 0.991. The summed E-state index contributed by atoms with van der Waals surface area (Å²) in [5.41, 5.74) is 0.550. The van der Waals surface area contributed by atoms with Crippen molar-refractivity contribution in [3.8, 4) is 0 Å². The second-order valence-corrected chi connectivity index (χ2v) is 8.29. The third-order valence-corrected chi connectivity index (χ3v) is 6.02. The topological polar surface area (TPSA) is 88.9 Å². The first-order valence-corrected chi connectivity index (χ1v) is 11.5. The molecule has 0 spiro atoms. The first-order chi connectivity index (χ1) is 15.1. The van der Waals surface area contributed by atoms with Gasteiger partial charge in [-0.05, 0) is 48.1 Å². The average Bonchev–Trinajstić information content (AvgIpc) is 3.19. The van der Waals surface area contributed by atoms with Crippen LogP contribution in [0.1, 0.15) is 12.5 Å². The molecule has 1 amide bonds. The Kier molecular flexibility index (Phi) is 6.27. The molecule has 0 saturated carbocycles. The average molecular weight is 437 g/mol. The highest BCUT2D eigenvalue weighted by Gasteiger charge is 2.24. The molecule has 31 heavy (non-hydrogen) atoms. The minimum atomic E-state index is -0.866. The predicted molar refractivity (Wildman–Crippen MR) is 126 cm³/mol. The molecule has 7 nitrogen and oxygen atoms in total. The van der Waals surface area contributed by atoms with Crippen molar-refractivity contribution in [1.29, 1.82) is 0 Å². The maximum Gasteiger partial charge on any atom is 0.329 e. The van der Waals surface area contributed by atoms with Crippen molar-refractivity contribution in [2.24, 2.45) is 0 Å². The van der Waals surface area contributed by atoms with E-state index in [1.54, 1.807) is 36.0 Å². The highest BCUT2D eigenvalue weighted by atomic mass is 32.2. The summed E-state index contributed by atoms with van der Waals surface area (Å²) in [6.07, 6.45) is 4.31. The molecule has 2 aromatic carbocycles. The van der Waals surface area contributed by atoms with Crippen molar-refractivity contribution >= 4 is 39.5 Å². The van der Waals surface area contributed by atoms with Crippen LogP contribution in [-0.2, 0) is 11.3 Å². The number of fused-ring (bicyclic) bond motifs is 2. The minimum Gasteiger partial charge on any atom is -0.353 e. The Hall–Kier alpha value is -3.26. The lowest BCUT2D eigenvalue weighted by atomic mass is 10.2. The molecule has 1 atom stereocenters. The molecule has 4 rings (SSSR count). The summed E-state index contributed by atoms with van der Waals surface area (Å²) in [6, 6.07) is 16.1. The molecule has 0 saturated heterocycles. The van der Waals surface area contributed by atoms with Crippen LogP contribution >= 0.6 is 11.8 Å². The monoisotopic (exact) mass is 436 g/mol. The van der Waals surface area contributed by atoms with Gasteiger partial charge in [-0.2, -0.15) is 11.8 Å². The molecule has 0 bridgehead atoms. The molecule has 0 aliphatic carbocycles. The number of carbonyl (C=O) groups is 1. The first-order valence-electron chi connectivity index (χ1n) is 10.1. The van der Waals surface area contributed by atoms with Crippen molar-refractivity contribution in [3.63, 3.8) is 0 Å². The third-order valence-electron chi connectivity index (χ3n) is 5.38. The molecule has 0 aliphatic rings. The number of thioether (sulfide) groups is 1. The van der Waals surface area contributed by atoms with Gasteiger partial charge in [0.05, 0.1) is 10.9 Å². The third kappa shape index (κ3) is 4.29. The second kappa shape index (κ2) is 9.26. The van der Waals surface area contributed by atoms with Gasteiger partial charge in [0.2, 0.25) is 5.91 Å². The number of H-pyrrole nitrogens is 1. The van der Waals surface area contributed by atoms with Crippen LogP contribution in [0.5, 0.6) is 0 Å². The van der Waals surface area contributed by atoms with Gasteiger partial charge in [-0.15, -0.1) is 0 Å². The normalized spacial score (nSPS) is 12.3. The standard InChI is InChI=1S/C23H24N4O3S/c1-31-15-11-20(27-22(29)17-7-3-4-8-18(17)25-23(27)30)21(28)24-12-14-26-13-10-16-6-2-5-9-19(16)26/h2-10,13,20H,11-12,14-15H2,1H3,(H,24,28)(H,25,30). The van der Waals surface area contributed by atoms with E-state index in [9.17, 15) is 14.4 Å². The molecule has 2 heterocycles.